The van der Waals surface area contributed by atoms with Crippen molar-refractivity contribution in [2.24, 2.45) is 0 Å². The Morgan fingerprint density at radius 1 is 1.52 bits per heavy atom. The summed E-state index contributed by atoms with van der Waals surface area (Å²) in [5.41, 5.74) is -0.386. The van der Waals surface area contributed by atoms with Gasteiger partial charge in [0.15, 0.2) is 0 Å². The Morgan fingerprint density at radius 2 is 2.38 bits per heavy atom. The molecule has 0 saturated carbocycles. The van der Waals surface area contributed by atoms with Crippen molar-refractivity contribution in [3.63, 3.8) is 0 Å². The molecule has 7 heteroatoms. The summed E-state index contributed by atoms with van der Waals surface area (Å²) in [5.74, 6) is 0.00113. The fourth-order valence-corrected chi connectivity index (χ4v) is 3.49. The first-order valence-electron chi connectivity index (χ1n) is 7.01. The lowest BCUT2D eigenvalue weighted by atomic mass is 10.0. The van der Waals surface area contributed by atoms with Gasteiger partial charge in [-0.15, -0.1) is 11.3 Å². The summed E-state index contributed by atoms with van der Waals surface area (Å²) in [5, 5.41) is 4.93. The van der Waals surface area contributed by atoms with Gasteiger partial charge < -0.3 is 19.9 Å². The number of likely N-dealkylation sites (N-methyl/N-ethyl adjacent to an activating group) is 1. The maximum atomic E-state index is 12.2. The van der Waals surface area contributed by atoms with Gasteiger partial charge in [0.2, 0.25) is 5.91 Å². The first-order valence-corrected chi connectivity index (χ1v) is 7.89. The van der Waals surface area contributed by atoms with Crippen LogP contribution in [0.2, 0.25) is 0 Å². The van der Waals surface area contributed by atoms with Gasteiger partial charge in [-0.25, -0.2) is 4.79 Å². The molecule has 114 valence electrons. The molecule has 2 aliphatic rings. The summed E-state index contributed by atoms with van der Waals surface area (Å²) in [6.07, 6.45) is 0.775. The molecule has 1 aromatic heterocycles. The lowest BCUT2D eigenvalue weighted by Crippen LogP contribution is -2.55. The highest BCUT2D eigenvalue weighted by Gasteiger charge is 2.45. The van der Waals surface area contributed by atoms with Crippen LogP contribution in [0.5, 0.6) is 0 Å². The van der Waals surface area contributed by atoms with Crippen LogP contribution in [0.1, 0.15) is 11.3 Å². The number of thiophene rings is 1. The number of rotatable bonds is 2. The zero-order chi connectivity index (χ0) is 14.9. The number of urea groups is 1. The molecule has 3 heterocycles. The molecule has 1 N–H and O–H groups in total. The van der Waals surface area contributed by atoms with Crippen LogP contribution in [-0.4, -0.2) is 60.6 Å². The van der Waals surface area contributed by atoms with E-state index in [9.17, 15) is 9.59 Å². The van der Waals surface area contributed by atoms with E-state index in [2.05, 4.69) is 5.32 Å². The normalized spacial score (nSPS) is 25.7. The molecule has 0 radical (unpaired) electrons. The SMILES string of the molecule is CN1C[C@]2(CCN(C(=O)NCc3cccs3)C2)OCC1=O. The molecule has 1 atom stereocenters. The van der Waals surface area contributed by atoms with Crippen molar-refractivity contribution in [1.29, 1.82) is 0 Å². The third kappa shape index (κ3) is 3.03. The fraction of sp³-hybridized carbons (Fsp3) is 0.571. The van der Waals surface area contributed by atoms with Crippen molar-refractivity contribution in [2.45, 2.75) is 18.6 Å². The number of morpholine rings is 1. The Morgan fingerprint density at radius 3 is 3.10 bits per heavy atom. The second-order valence-electron chi connectivity index (χ2n) is 5.63. The minimum Gasteiger partial charge on any atom is -0.361 e. The van der Waals surface area contributed by atoms with Gasteiger partial charge in [0.1, 0.15) is 12.2 Å². The molecule has 6 nitrogen and oxygen atoms in total. The van der Waals surface area contributed by atoms with E-state index in [1.54, 1.807) is 28.2 Å². The lowest BCUT2D eigenvalue weighted by molar-refractivity contribution is -0.158. The summed E-state index contributed by atoms with van der Waals surface area (Å²) in [6.45, 7) is 2.43. The monoisotopic (exact) mass is 309 g/mol. The highest BCUT2D eigenvalue weighted by Crippen LogP contribution is 2.29. The van der Waals surface area contributed by atoms with E-state index in [0.717, 1.165) is 11.3 Å². The van der Waals surface area contributed by atoms with Crippen molar-refractivity contribution >= 4 is 23.3 Å². The van der Waals surface area contributed by atoms with Crippen LogP contribution in [0.15, 0.2) is 17.5 Å². The van der Waals surface area contributed by atoms with Gasteiger partial charge in [0.05, 0.1) is 19.6 Å². The first kappa shape index (κ1) is 14.3. The molecule has 0 aliphatic carbocycles. The molecule has 0 aromatic carbocycles. The molecule has 3 rings (SSSR count). The van der Waals surface area contributed by atoms with Crippen LogP contribution in [0.4, 0.5) is 4.79 Å². The van der Waals surface area contributed by atoms with E-state index >= 15 is 0 Å². The Bertz CT molecular complexity index is 534. The average Bonchev–Trinajstić information content (AvgIpc) is 3.11. The van der Waals surface area contributed by atoms with Crippen molar-refractivity contribution in [3.05, 3.63) is 22.4 Å². The standard InChI is InChI=1S/C14H19N3O3S/c1-16-9-14(20-8-12(16)18)4-5-17(10-14)13(19)15-7-11-3-2-6-21-11/h2-3,6H,4-5,7-10H2,1H3,(H,15,19)/t14-/m0/s1. The smallest absolute Gasteiger partial charge is 0.317 e. The molecule has 21 heavy (non-hydrogen) atoms. The predicted molar refractivity (Wildman–Crippen MR) is 79.1 cm³/mol. The minimum absolute atomic E-state index is 0.00113. The number of nitrogens with zero attached hydrogens (tertiary/aromatic N) is 2. The molecular weight excluding hydrogens is 290 g/mol. The number of hydrogen-bond donors (Lipinski definition) is 1. The van der Waals surface area contributed by atoms with Gasteiger partial charge in [-0.1, -0.05) is 6.07 Å². The molecular formula is C14H19N3O3S. The van der Waals surface area contributed by atoms with Crippen LogP contribution in [0, 0.1) is 0 Å². The highest BCUT2D eigenvalue weighted by atomic mass is 32.1. The predicted octanol–water partition coefficient (Wildman–Crippen LogP) is 0.891. The van der Waals surface area contributed by atoms with Crippen LogP contribution >= 0.6 is 11.3 Å². The van der Waals surface area contributed by atoms with E-state index in [4.69, 9.17) is 4.74 Å². The molecule has 2 fully saturated rings. The summed E-state index contributed by atoms with van der Waals surface area (Å²) in [7, 11) is 1.78. The molecule has 1 aromatic rings. The average molecular weight is 309 g/mol. The third-order valence-corrected chi connectivity index (χ3v) is 4.93. The number of carbonyl (C=O) groups excluding carboxylic acids is 2. The van der Waals surface area contributed by atoms with Crippen molar-refractivity contribution in [3.8, 4) is 0 Å². The number of likely N-dealkylation sites (tertiary alicyclic amines) is 1. The van der Waals surface area contributed by atoms with Crippen LogP contribution < -0.4 is 5.32 Å². The highest BCUT2D eigenvalue weighted by molar-refractivity contribution is 7.09. The molecule has 2 saturated heterocycles. The molecule has 3 amide bonds. The van der Waals surface area contributed by atoms with Crippen LogP contribution in [0.3, 0.4) is 0 Å². The van der Waals surface area contributed by atoms with Crippen LogP contribution in [-0.2, 0) is 16.1 Å². The Kier molecular flexibility index (Phi) is 3.86. The maximum absolute atomic E-state index is 12.2. The second-order valence-corrected chi connectivity index (χ2v) is 6.66. The Hall–Kier alpha value is -1.60. The first-order chi connectivity index (χ1) is 10.1. The van der Waals surface area contributed by atoms with Crippen molar-refractivity contribution in [2.75, 3.05) is 33.3 Å². The zero-order valence-corrected chi connectivity index (χ0v) is 12.8. The summed E-state index contributed by atoms with van der Waals surface area (Å²) in [4.78, 5) is 28.3. The summed E-state index contributed by atoms with van der Waals surface area (Å²) < 4.78 is 5.73. The van der Waals surface area contributed by atoms with E-state index in [1.165, 1.54) is 0 Å². The van der Waals surface area contributed by atoms with Gasteiger partial charge in [-0.2, -0.15) is 0 Å². The quantitative estimate of drug-likeness (QED) is 0.882. The van der Waals surface area contributed by atoms with Crippen molar-refractivity contribution < 1.29 is 14.3 Å². The van der Waals surface area contributed by atoms with E-state index < -0.39 is 0 Å². The Labute approximate surface area is 127 Å². The fourth-order valence-electron chi connectivity index (χ4n) is 2.84. The number of ether oxygens (including phenoxy) is 1. The molecule has 1 spiro atoms. The number of carbonyl (C=O) groups is 2. The van der Waals surface area contributed by atoms with Crippen molar-refractivity contribution in [1.82, 2.24) is 15.1 Å². The summed E-state index contributed by atoms with van der Waals surface area (Å²) in [6, 6.07) is 3.91. The number of amides is 3. The largest absolute Gasteiger partial charge is 0.361 e. The van der Waals surface area contributed by atoms with E-state index in [-0.39, 0.29) is 24.1 Å². The number of nitrogens with one attached hydrogen (secondary N) is 1. The minimum atomic E-state index is -0.386. The molecule has 2 aliphatic heterocycles. The maximum Gasteiger partial charge on any atom is 0.317 e. The van der Waals surface area contributed by atoms with Gasteiger partial charge in [0, 0.05) is 18.5 Å². The Balaban J connectivity index is 1.54. The van der Waals surface area contributed by atoms with Gasteiger partial charge in [0.25, 0.3) is 0 Å². The van der Waals surface area contributed by atoms with E-state index in [1.807, 2.05) is 17.5 Å². The zero-order valence-electron chi connectivity index (χ0n) is 12.0. The lowest BCUT2D eigenvalue weighted by Gasteiger charge is -2.38. The topological polar surface area (TPSA) is 61.9 Å². The van der Waals surface area contributed by atoms with Gasteiger partial charge >= 0.3 is 6.03 Å². The second kappa shape index (κ2) is 5.65. The third-order valence-electron chi connectivity index (χ3n) is 4.05. The molecule has 0 bridgehead atoms. The van der Waals surface area contributed by atoms with Crippen LogP contribution in [0.25, 0.3) is 0 Å². The summed E-state index contributed by atoms with van der Waals surface area (Å²) >= 11 is 1.63. The van der Waals surface area contributed by atoms with E-state index in [0.29, 0.717) is 26.2 Å². The van der Waals surface area contributed by atoms with Gasteiger partial charge in [-0.05, 0) is 17.9 Å². The van der Waals surface area contributed by atoms with Gasteiger partial charge in [-0.3, -0.25) is 4.79 Å². The number of hydrogen-bond acceptors (Lipinski definition) is 4. The molecule has 0 unspecified atom stereocenters.